The average molecular weight is 448 g/mol. The average Bonchev–Trinajstić information content (AvgIpc) is 2.79. The Bertz CT molecular complexity index is 825. The highest BCUT2D eigenvalue weighted by Gasteiger charge is 2.30. The summed E-state index contributed by atoms with van der Waals surface area (Å²) in [6.45, 7) is 0. The molecule has 10 heteroatoms. The van der Waals surface area contributed by atoms with Crippen LogP contribution in [0.15, 0.2) is 24.3 Å². The molecule has 2 aliphatic rings. The first-order valence-electron chi connectivity index (χ1n) is 10.7. The highest BCUT2D eigenvalue weighted by atomic mass is 16.7. The van der Waals surface area contributed by atoms with Crippen LogP contribution in [0.2, 0.25) is 0 Å². The number of carbonyl (C=O) groups is 4. The Morgan fingerprint density at radius 3 is 1.72 bits per heavy atom. The Morgan fingerprint density at radius 1 is 0.719 bits per heavy atom. The minimum atomic E-state index is -0.807. The van der Waals surface area contributed by atoms with E-state index in [1.54, 1.807) is 24.3 Å². The van der Waals surface area contributed by atoms with Crippen molar-refractivity contribution in [3.8, 4) is 5.75 Å². The van der Waals surface area contributed by atoms with Crippen molar-refractivity contribution >= 4 is 24.0 Å². The fourth-order valence-electron chi connectivity index (χ4n) is 4.17. The Balaban J connectivity index is 1.44. The van der Waals surface area contributed by atoms with Crippen LogP contribution in [-0.4, -0.2) is 36.2 Å². The van der Waals surface area contributed by atoms with Crippen molar-refractivity contribution in [3.63, 3.8) is 0 Å². The second-order valence-electron chi connectivity index (χ2n) is 8.17. The van der Waals surface area contributed by atoms with Crippen LogP contribution < -0.4 is 16.4 Å². The van der Waals surface area contributed by atoms with Crippen molar-refractivity contribution in [3.05, 3.63) is 29.8 Å². The van der Waals surface area contributed by atoms with Gasteiger partial charge in [0.2, 0.25) is 0 Å². The Hall–Kier alpha value is -3.14. The lowest BCUT2D eigenvalue weighted by atomic mass is 9.87. The van der Waals surface area contributed by atoms with Gasteiger partial charge in [-0.25, -0.2) is 9.59 Å². The van der Waals surface area contributed by atoms with Gasteiger partial charge in [-0.1, -0.05) is 0 Å². The number of amides is 1. The van der Waals surface area contributed by atoms with Crippen molar-refractivity contribution in [2.24, 2.45) is 23.5 Å². The molecule has 32 heavy (non-hydrogen) atoms. The molecule has 4 N–H and O–H groups in total. The lowest BCUT2D eigenvalue weighted by molar-refractivity contribution is -0.151. The molecule has 0 aliphatic heterocycles. The van der Waals surface area contributed by atoms with Gasteiger partial charge in [0.25, 0.3) is 0 Å². The van der Waals surface area contributed by atoms with Gasteiger partial charge in [0.1, 0.15) is 18.0 Å². The topological polar surface area (TPSA) is 157 Å². The van der Waals surface area contributed by atoms with Gasteiger partial charge in [-0.15, -0.1) is 0 Å². The molecule has 3 rings (SSSR count). The molecular formula is C22H28N2O8. The maximum Gasteiger partial charge on any atom is 0.404 e. The zero-order valence-electron chi connectivity index (χ0n) is 17.7. The van der Waals surface area contributed by atoms with E-state index >= 15 is 0 Å². The second kappa shape index (κ2) is 10.9. The van der Waals surface area contributed by atoms with Crippen LogP contribution in [0.1, 0.15) is 61.7 Å². The third-order valence-corrected chi connectivity index (χ3v) is 6.00. The van der Waals surface area contributed by atoms with Gasteiger partial charge < -0.3 is 24.8 Å². The summed E-state index contributed by atoms with van der Waals surface area (Å²) in [5.41, 5.74) is 5.37. The molecule has 10 nitrogen and oxygen atoms in total. The van der Waals surface area contributed by atoms with E-state index in [9.17, 15) is 19.2 Å². The van der Waals surface area contributed by atoms with E-state index in [0.717, 1.165) is 0 Å². The summed E-state index contributed by atoms with van der Waals surface area (Å²) >= 11 is 0. The minimum absolute atomic E-state index is 0.255. The van der Waals surface area contributed by atoms with Crippen molar-refractivity contribution in [2.75, 3.05) is 0 Å². The smallest absolute Gasteiger partial charge is 0.404 e. The van der Waals surface area contributed by atoms with Crippen LogP contribution in [0.4, 0.5) is 4.79 Å². The van der Waals surface area contributed by atoms with Gasteiger partial charge in [-0.3, -0.25) is 9.59 Å². The van der Waals surface area contributed by atoms with Crippen LogP contribution in [0, 0.1) is 11.8 Å². The third kappa shape index (κ3) is 6.43. The molecular weight excluding hydrogens is 420 g/mol. The summed E-state index contributed by atoms with van der Waals surface area (Å²) in [6.07, 6.45) is 3.12. The molecule has 2 saturated carbocycles. The monoisotopic (exact) mass is 448 g/mol. The molecule has 0 spiro atoms. The van der Waals surface area contributed by atoms with Gasteiger partial charge in [0.15, 0.2) is 0 Å². The second-order valence-corrected chi connectivity index (χ2v) is 8.17. The summed E-state index contributed by atoms with van der Waals surface area (Å²) in [6, 6.07) is 6.18. The lowest BCUT2D eigenvalue weighted by Crippen LogP contribution is -2.31. The van der Waals surface area contributed by atoms with Crippen LogP contribution in [0.5, 0.6) is 5.75 Å². The zero-order valence-corrected chi connectivity index (χ0v) is 17.7. The van der Waals surface area contributed by atoms with E-state index in [2.05, 4.69) is 4.84 Å². The minimum Gasteiger partial charge on any atom is -0.459 e. The van der Waals surface area contributed by atoms with Crippen molar-refractivity contribution in [1.29, 1.82) is 0 Å². The number of hydrogen-bond acceptors (Lipinski definition) is 9. The summed E-state index contributed by atoms with van der Waals surface area (Å²) in [5, 5.41) is 0. The third-order valence-electron chi connectivity index (χ3n) is 6.00. The fourth-order valence-corrected chi connectivity index (χ4v) is 4.17. The van der Waals surface area contributed by atoms with Crippen molar-refractivity contribution in [2.45, 2.75) is 63.6 Å². The number of carbonyl (C=O) groups excluding carboxylic acids is 4. The van der Waals surface area contributed by atoms with Crippen LogP contribution in [0.3, 0.4) is 0 Å². The van der Waals surface area contributed by atoms with E-state index in [1.807, 2.05) is 0 Å². The molecule has 0 radical (unpaired) electrons. The van der Waals surface area contributed by atoms with Gasteiger partial charge in [-0.05, 0) is 75.6 Å². The molecule has 1 amide bonds. The molecule has 0 atom stereocenters. The van der Waals surface area contributed by atoms with Gasteiger partial charge in [0.05, 0.1) is 17.4 Å². The fraction of sp³-hybridized carbons (Fsp3) is 0.545. The Kier molecular flexibility index (Phi) is 8.04. The summed E-state index contributed by atoms with van der Waals surface area (Å²) < 4.78 is 15.9. The molecule has 2 fully saturated rings. The number of ether oxygens (including phenoxy) is 3. The standard InChI is InChI=1S/C22H28N2O8/c23-22(28)31-18-11-3-14(4-12-18)20(26)29-16-7-1-13(2-8-16)19(25)30-17-9-5-15(6-10-17)21(27)32-24/h1-2,7-8,14-15,17-18H,3-6,9-12,24H2,(H2,23,28). The van der Waals surface area contributed by atoms with E-state index in [4.69, 9.17) is 25.8 Å². The van der Waals surface area contributed by atoms with Gasteiger partial charge in [0, 0.05) is 0 Å². The first-order chi connectivity index (χ1) is 15.4. The number of nitrogens with two attached hydrogens (primary N) is 2. The van der Waals surface area contributed by atoms with Crippen LogP contribution >= 0.6 is 0 Å². The molecule has 174 valence electrons. The molecule has 0 bridgehead atoms. The molecule has 1 aromatic carbocycles. The van der Waals surface area contributed by atoms with Crippen LogP contribution in [0.25, 0.3) is 0 Å². The summed E-state index contributed by atoms with van der Waals surface area (Å²) in [5.74, 6) is 3.45. The normalized spacial score (nSPS) is 25.3. The number of rotatable bonds is 6. The maximum atomic E-state index is 12.4. The number of hydrogen-bond donors (Lipinski definition) is 2. The molecule has 0 saturated heterocycles. The Labute approximate surface area is 185 Å². The van der Waals surface area contributed by atoms with Gasteiger partial charge >= 0.3 is 24.0 Å². The van der Waals surface area contributed by atoms with Crippen molar-refractivity contribution in [1.82, 2.24) is 0 Å². The highest BCUT2D eigenvalue weighted by Crippen LogP contribution is 2.29. The highest BCUT2D eigenvalue weighted by molar-refractivity contribution is 5.89. The zero-order chi connectivity index (χ0) is 23.1. The predicted octanol–water partition coefficient (Wildman–Crippen LogP) is 2.38. The molecule has 0 unspecified atom stereocenters. The first-order valence-corrected chi connectivity index (χ1v) is 10.7. The van der Waals surface area contributed by atoms with Crippen LogP contribution in [-0.2, 0) is 23.9 Å². The summed E-state index contributed by atoms with van der Waals surface area (Å²) in [7, 11) is 0. The SMILES string of the molecule is NOC(=O)C1CCC(OC(=O)c2ccc(OC(=O)C3CCC(OC(N)=O)CC3)cc2)CC1. The Morgan fingerprint density at radius 2 is 1.22 bits per heavy atom. The molecule has 0 aromatic heterocycles. The van der Waals surface area contributed by atoms with E-state index in [-0.39, 0.29) is 30.0 Å². The number of primary amides is 1. The first kappa shape index (κ1) is 23.5. The molecule has 2 aliphatic carbocycles. The lowest BCUT2D eigenvalue weighted by Gasteiger charge is -2.26. The van der Waals surface area contributed by atoms with Gasteiger partial charge in [-0.2, -0.15) is 5.90 Å². The molecule has 1 aromatic rings. The number of benzene rings is 1. The molecule has 0 heterocycles. The van der Waals surface area contributed by atoms with E-state index < -0.39 is 18.0 Å². The summed E-state index contributed by atoms with van der Waals surface area (Å²) in [4.78, 5) is 51.3. The van der Waals surface area contributed by atoms with E-state index in [0.29, 0.717) is 62.7 Å². The largest absolute Gasteiger partial charge is 0.459 e. The van der Waals surface area contributed by atoms with E-state index in [1.165, 1.54) is 0 Å². The quantitative estimate of drug-likeness (QED) is 0.379. The number of esters is 2. The van der Waals surface area contributed by atoms with Crippen molar-refractivity contribution < 1.29 is 38.2 Å². The maximum absolute atomic E-state index is 12.4. The predicted molar refractivity (Wildman–Crippen MR) is 110 cm³/mol.